The maximum absolute atomic E-state index is 13.4. The van der Waals surface area contributed by atoms with Crippen LogP contribution in [-0.4, -0.2) is 21.3 Å². The van der Waals surface area contributed by atoms with Crippen molar-refractivity contribution in [3.63, 3.8) is 0 Å². The van der Waals surface area contributed by atoms with Gasteiger partial charge in [-0.3, -0.25) is 4.79 Å². The first kappa shape index (κ1) is 20.7. The number of carbonyl (C=O) groups is 1. The molecule has 0 atom stereocenters. The smallest absolute Gasteiger partial charge is 0.347 e. The fourth-order valence-electron chi connectivity index (χ4n) is 3.71. The van der Waals surface area contributed by atoms with Crippen LogP contribution in [0.25, 0.3) is 10.2 Å². The molecular weight excluding hydrogens is 418 g/mol. The fraction of sp³-hybridized carbons (Fsp3) is 0.318. The standard InChI is InChI=1S/C22H23N3O3S2/c1-13(2)11-25-21(28)19-16-8-3-4-9-17(16)30-20(19)24-22(25)29-12-18(27)23-14-6-5-7-15(26)10-14/h5-7,10,26H,1,3-4,8-9,11-12H2,2H3,(H,23,27)/p+1. The van der Waals surface area contributed by atoms with E-state index in [-0.39, 0.29) is 23.0 Å². The quantitative estimate of drug-likeness (QED) is 0.346. The van der Waals surface area contributed by atoms with E-state index >= 15 is 0 Å². The molecule has 1 aliphatic rings. The molecule has 0 fully saturated rings. The minimum Gasteiger partial charge on any atom is -0.508 e. The number of fused-ring (bicyclic) bond motifs is 3. The van der Waals surface area contributed by atoms with Crippen LogP contribution in [0.5, 0.6) is 5.75 Å². The minimum absolute atomic E-state index is 0.0120. The van der Waals surface area contributed by atoms with Crippen LogP contribution in [0.15, 0.2) is 46.4 Å². The second kappa shape index (κ2) is 8.65. The molecule has 2 aromatic heterocycles. The molecule has 0 spiro atoms. The number of thioether (sulfide) groups is 1. The highest BCUT2D eigenvalue weighted by Crippen LogP contribution is 2.33. The number of allylic oxidation sites excluding steroid dienone is 1. The zero-order valence-electron chi connectivity index (χ0n) is 16.8. The highest BCUT2D eigenvalue weighted by molar-refractivity contribution is 7.99. The zero-order chi connectivity index (χ0) is 21.3. The topological polar surface area (TPSA) is 85.5 Å². The van der Waals surface area contributed by atoms with Crippen LogP contribution in [0.1, 0.15) is 30.2 Å². The van der Waals surface area contributed by atoms with E-state index in [4.69, 9.17) is 0 Å². The number of nitrogens with one attached hydrogen (secondary N) is 2. The number of anilines is 1. The van der Waals surface area contributed by atoms with Gasteiger partial charge in [-0.2, -0.15) is 4.57 Å². The van der Waals surface area contributed by atoms with E-state index < -0.39 is 0 Å². The molecule has 156 valence electrons. The van der Waals surface area contributed by atoms with Crippen molar-refractivity contribution in [1.82, 2.24) is 4.57 Å². The van der Waals surface area contributed by atoms with Gasteiger partial charge in [-0.25, -0.2) is 9.78 Å². The van der Waals surface area contributed by atoms with Crippen molar-refractivity contribution in [2.24, 2.45) is 0 Å². The largest absolute Gasteiger partial charge is 0.508 e. The molecule has 0 saturated heterocycles. The van der Waals surface area contributed by atoms with Gasteiger partial charge in [0.05, 0.1) is 5.75 Å². The number of H-pyrrole nitrogens is 1. The predicted molar refractivity (Wildman–Crippen MR) is 122 cm³/mol. The van der Waals surface area contributed by atoms with Gasteiger partial charge in [0, 0.05) is 16.6 Å². The number of benzene rings is 1. The zero-order valence-corrected chi connectivity index (χ0v) is 18.4. The molecule has 0 aliphatic heterocycles. The van der Waals surface area contributed by atoms with E-state index in [1.165, 1.54) is 28.3 Å². The molecule has 1 aliphatic carbocycles. The van der Waals surface area contributed by atoms with Crippen LogP contribution in [0, 0.1) is 0 Å². The summed E-state index contributed by atoms with van der Waals surface area (Å²) in [5.74, 6) is 0.0216. The van der Waals surface area contributed by atoms with Gasteiger partial charge in [0.15, 0.2) is 4.83 Å². The molecule has 0 saturated carbocycles. The van der Waals surface area contributed by atoms with Gasteiger partial charge in [0.1, 0.15) is 17.7 Å². The first-order chi connectivity index (χ1) is 14.4. The summed E-state index contributed by atoms with van der Waals surface area (Å²) < 4.78 is 1.69. The summed E-state index contributed by atoms with van der Waals surface area (Å²) in [4.78, 5) is 31.4. The summed E-state index contributed by atoms with van der Waals surface area (Å²) >= 11 is 2.96. The number of phenols is 1. The van der Waals surface area contributed by atoms with Gasteiger partial charge in [0.2, 0.25) is 5.91 Å². The number of hydrogen-bond donors (Lipinski definition) is 2. The van der Waals surface area contributed by atoms with Crippen molar-refractivity contribution in [1.29, 1.82) is 0 Å². The van der Waals surface area contributed by atoms with E-state index in [2.05, 4.69) is 16.9 Å². The average molecular weight is 443 g/mol. The Hall–Kier alpha value is -2.58. The third kappa shape index (κ3) is 4.29. The average Bonchev–Trinajstić information content (AvgIpc) is 3.07. The number of aryl methyl sites for hydroxylation is 2. The molecule has 4 rings (SSSR count). The predicted octanol–water partition coefficient (Wildman–Crippen LogP) is 3.77. The van der Waals surface area contributed by atoms with Crippen LogP contribution < -0.4 is 15.9 Å². The van der Waals surface area contributed by atoms with Crippen LogP contribution in [0.2, 0.25) is 0 Å². The molecule has 3 N–H and O–H groups in total. The van der Waals surface area contributed by atoms with Gasteiger partial charge in [0.25, 0.3) is 0 Å². The lowest BCUT2D eigenvalue weighted by Crippen LogP contribution is -2.31. The summed E-state index contributed by atoms with van der Waals surface area (Å²) in [6, 6.07) is 6.43. The monoisotopic (exact) mass is 442 g/mol. The first-order valence-electron chi connectivity index (χ1n) is 9.89. The molecule has 1 aromatic carbocycles. The van der Waals surface area contributed by atoms with Crippen molar-refractivity contribution in [3.05, 3.63) is 57.2 Å². The number of aromatic amines is 1. The Bertz CT molecular complexity index is 1200. The van der Waals surface area contributed by atoms with Crippen LogP contribution in [0.3, 0.4) is 0 Å². The van der Waals surface area contributed by atoms with E-state index in [0.29, 0.717) is 17.4 Å². The summed E-state index contributed by atoms with van der Waals surface area (Å²) in [5, 5.41) is 13.8. The second-order valence-corrected chi connectivity index (χ2v) is 9.65. The summed E-state index contributed by atoms with van der Waals surface area (Å²) in [7, 11) is 0. The molecule has 0 radical (unpaired) electrons. The van der Waals surface area contributed by atoms with E-state index in [9.17, 15) is 14.7 Å². The lowest BCUT2D eigenvalue weighted by atomic mass is 9.97. The third-order valence-electron chi connectivity index (χ3n) is 4.99. The normalized spacial score (nSPS) is 13.2. The summed E-state index contributed by atoms with van der Waals surface area (Å²) in [6.45, 7) is 6.26. The Morgan fingerprint density at radius 2 is 2.17 bits per heavy atom. The van der Waals surface area contributed by atoms with Gasteiger partial charge in [-0.1, -0.05) is 24.0 Å². The van der Waals surface area contributed by atoms with E-state index in [1.807, 2.05) is 6.92 Å². The van der Waals surface area contributed by atoms with Gasteiger partial charge >= 0.3 is 10.7 Å². The highest BCUT2D eigenvalue weighted by Gasteiger charge is 2.26. The van der Waals surface area contributed by atoms with Crippen molar-refractivity contribution < 1.29 is 14.9 Å². The number of hydrogen-bond acceptors (Lipinski definition) is 5. The number of rotatable bonds is 6. The Morgan fingerprint density at radius 3 is 2.93 bits per heavy atom. The number of phenolic OH excluding ortho intramolecular Hbond substituents is 1. The Balaban J connectivity index is 1.63. The summed E-state index contributed by atoms with van der Waals surface area (Å²) in [5.41, 5.74) is 2.59. The van der Waals surface area contributed by atoms with Crippen LogP contribution >= 0.6 is 23.1 Å². The molecule has 2 heterocycles. The number of aromatic nitrogens is 2. The fourth-order valence-corrected chi connectivity index (χ4v) is 5.88. The lowest BCUT2D eigenvalue weighted by Gasteiger charge is -2.10. The molecule has 0 bridgehead atoms. The molecule has 1 amide bonds. The molecule has 6 nitrogen and oxygen atoms in total. The first-order valence-corrected chi connectivity index (χ1v) is 11.7. The van der Waals surface area contributed by atoms with Gasteiger partial charge < -0.3 is 10.4 Å². The Morgan fingerprint density at radius 1 is 1.37 bits per heavy atom. The Labute approximate surface area is 182 Å². The number of carbonyl (C=O) groups excluding carboxylic acids is 1. The number of thiophene rings is 1. The summed E-state index contributed by atoms with van der Waals surface area (Å²) in [6.07, 6.45) is 4.25. The maximum atomic E-state index is 13.4. The molecular formula is C22H24N3O3S2+. The van der Waals surface area contributed by atoms with Crippen LogP contribution in [-0.2, 0) is 24.2 Å². The van der Waals surface area contributed by atoms with Crippen LogP contribution in [0.4, 0.5) is 5.69 Å². The molecule has 3 aromatic rings. The number of nitrogens with zero attached hydrogens (tertiary/aromatic N) is 1. The maximum Gasteiger partial charge on any atom is 0.347 e. The minimum atomic E-state index is -0.209. The Kier molecular flexibility index (Phi) is 5.97. The highest BCUT2D eigenvalue weighted by atomic mass is 32.2. The lowest BCUT2D eigenvalue weighted by molar-refractivity contribution is -0.404. The van der Waals surface area contributed by atoms with Gasteiger partial charge in [-0.05, 0) is 67.6 Å². The van der Waals surface area contributed by atoms with E-state index in [1.54, 1.807) is 34.1 Å². The number of amides is 1. The van der Waals surface area contributed by atoms with Crippen molar-refractivity contribution in [3.8, 4) is 5.75 Å². The van der Waals surface area contributed by atoms with Crippen molar-refractivity contribution in [2.75, 3.05) is 11.1 Å². The number of aromatic hydroxyl groups is 1. The molecule has 30 heavy (non-hydrogen) atoms. The molecule has 8 heteroatoms. The van der Waals surface area contributed by atoms with Gasteiger partial charge in [-0.15, -0.1) is 0 Å². The molecule has 0 unspecified atom stereocenters. The van der Waals surface area contributed by atoms with Crippen molar-refractivity contribution in [2.45, 2.75) is 44.3 Å². The SMILES string of the molecule is C=C(C)Cn1c(SCC(=O)Nc2cccc(O)c2)[nH+]c2sc3c(c2c1=O)CCCC3. The third-order valence-corrected chi connectivity index (χ3v) is 7.20. The second-order valence-electron chi connectivity index (χ2n) is 7.58. The van der Waals surface area contributed by atoms with Crippen molar-refractivity contribution >= 4 is 44.9 Å². The van der Waals surface area contributed by atoms with E-state index in [0.717, 1.165) is 41.5 Å².